The molecule has 4 nitrogen and oxygen atoms in total. The van der Waals surface area contributed by atoms with Crippen molar-refractivity contribution >= 4 is 5.91 Å². The van der Waals surface area contributed by atoms with Crippen LogP contribution in [0.4, 0.5) is 0 Å². The first-order valence-electron chi connectivity index (χ1n) is 7.01. The van der Waals surface area contributed by atoms with Crippen molar-refractivity contribution in [2.75, 3.05) is 19.8 Å². The molecular weight excluding hydrogens is 240 g/mol. The molecule has 0 saturated carbocycles. The van der Waals surface area contributed by atoms with Gasteiger partial charge in [-0.05, 0) is 24.0 Å². The molecule has 0 aromatic heterocycles. The van der Waals surface area contributed by atoms with Gasteiger partial charge in [0.25, 0.3) is 0 Å². The lowest BCUT2D eigenvalue weighted by Crippen LogP contribution is -2.46. The van der Waals surface area contributed by atoms with Gasteiger partial charge < -0.3 is 15.4 Å². The van der Waals surface area contributed by atoms with Gasteiger partial charge in [0.1, 0.15) is 0 Å². The summed E-state index contributed by atoms with van der Waals surface area (Å²) in [7, 11) is 0. The fraction of sp³-hybridized carbons (Fsp3) is 0.533. The molecule has 0 spiro atoms. The predicted molar refractivity (Wildman–Crippen MR) is 72.9 cm³/mol. The van der Waals surface area contributed by atoms with Crippen LogP contribution in [0.1, 0.15) is 29.9 Å². The fourth-order valence-corrected chi connectivity index (χ4v) is 2.89. The molecule has 0 radical (unpaired) electrons. The number of carbonyl (C=O) groups is 1. The van der Waals surface area contributed by atoms with Gasteiger partial charge in [0.15, 0.2) is 0 Å². The van der Waals surface area contributed by atoms with Gasteiger partial charge >= 0.3 is 0 Å². The lowest BCUT2D eigenvalue weighted by atomic mass is 9.90. The molecular formula is C15H20N2O2. The van der Waals surface area contributed by atoms with E-state index in [1.54, 1.807) is 0 Å². The maximum atomic E-state index is 12.4. The Hall–Kier alpha value is -1.39. The Kier molecular flexibility index (Phi) is 3.80. The van der Waals surface area contributed by atoms with E-state index >= 15 is 0 Å². The minimum atomic E-state index is -0.0770. The summed E-state index contributed by atoms with van der Waals surface area (Å²) in [4.78, 5) is 12.4. The number of nitrogens with one attached hydrogen (secondary N) is 2. The van der Waals surface area contributed by atoms with Gasteiger partial charge in [-0.1, -0.05) is 24.3 Å². The molecule has 1 aromatic rings. The van der Waals surface area contributed by atoms with Crippen LogP contribution < -0.4 is 10.6 Å². The minimum absolute atomic E-state index is 0.0770. The molecule has 0 bridgehead atoms. The number of rotatable bonds is 2. The van der Waals surface area contributed by atoms with Gasteiger partial charge in [0.2, 0.25) is 5.91 Å². The lowest BCUT2D eigenvalue weighted by Gasteiger charge is -2.29. The first kappa shape index (κ1) is 12.6. The molecule has 4 heteroatoms. The van der Waals surface area contributed by atoms with Gasteiger partial charge in [-0.2, -0.15) is 0 Å². The van der Waals surface area contributed by atoms with Crippen molar-refractivity contribution in [3.05, 3.63) is 35.4 Å². The van der Waals surface area contributed by atoms with E-state index in [9.17, 15) is 4.79 Å². The van der Waals surface area contributed by atoms with Crippen molar-refractivity contribution in [2.45, 2.75) is 31.3 Å². The first-order valence-corrected chi connectivity index (χ1v) is 7.01. The molecule has 2 aliphatic heterocycles. The second-order valence-electron chi connectivity index (χ2n) is 5.30. The summed E-state index contributed by atoms with van der Waals surface area (Å²) in [5, 5.41) is 6.44. The maximum absolute atomic E-state index is 12.4. The number of benzene rings is 1. The molecule has 1 saturated heterocycles. The van der Waals surface area contributed by atoms with E-state index in [2.05, 4.69) is 22.8 Å². The third kappa shape index (κ3) is 2.80. The zero-order chi connectivity index (χ0) is 13.1. The van der Waals surface area contributed by atoms with Crippen LogP contribution in [0.3, 0.4) is 0 Å². The first-order chi connectivity index (χ1) is 9.34. The summed E-state index contributed by atoms with van der Waals surface area (Å²) in [6, 6.07) is 8.36. The van der Waals surface area contributed by atoms with Crippen molar-refractivity contribution in [1.29, 1.82) is 0 Å². The molecule has 2 atom stereocenters. The van der Waals surface area contributed by atoms with Crippen LogP contribution >= 0.6 is 0 Å². The Bertz CT molecular complexity index is 455. The molecule has 0 aliphatic carbocycles. The summed E-state index contributed by atoms with van der Waals surface area (Å²) < 4.78 is 5.41. The highest BCUT2D eigenvalue weighted by Crippen LogP contribution is 2.24. The summed E-state index contributed by atoms with van der Waals surface area (Å²) in [5.41, 5.74) is 2.39. The normalized spacial score (nSPS) is 26.5. The van der Waals surface area contributed by atoms with E-state index in [0.29, 0.717) is 6.61 Å². The Labute approximate surface area is 113 Å². The van der Waals surface area contributed by atoms with E-state index in [1.165, 1.54) is 5.56 Å². The fourth-order valence-electron chi connectivity index (χ4n) is 2.89. The Morgan fingerprint density at radius 3 is 3.11 bits per heavy atom. The Balaban J connectivity index is 1.70. The summed E-state index contributed by atoms with van der Waals surface area (Å²) in [5.74, 6) is 0.0435. The second kappa shape index (κ2) is 5.72. The largest absolute Gasteiger partial charge is 0.379 e. The van der Waals surface area contributed by atoms with Crippen molar-refractivity contribution in [3.63, 3.8) is 0 Å². The van der Waals surface area contributed by atoms with Crippen molar-refractivity contribution in [1.82, 2.24) is 10.6 Å². The molecule has 2 heterocycles. The molecule has 2 aliphatic rings. The average Bonchev–Trinajstić information content (AvgIpc) is 2.47. The number of ether oxygens (including phenoxy) is 1. The molecule has 1 amide bonds. The van der Waals surface area contributed by atoms with E-state index < -0.39 is 0 Å². The highest BCUT2D eigenvalue weighted by Gasteiger charge is 2.28. The summed E-state index contributed by atoms with van der Waals surface area (Å²) in [6.07, 6.45) is 2.05. The number of hydrogen-bond donors (Lipinski definition) is 2. The zero-order valence-electron chi connectivity index (χ0n) is 11.0. The smallest absolute Gasteiger partial charge is 0.229 e. The average molecular weight is 260 g/mol. The van der Waals surface area contributed by atoms with Gasteiger partial charge in [-0.15, -0.1) is 0 Å². The minimum Gasteiger partial charge on any atom is -0.379 e. The topological polar surface area (TPSA) is 50.4 Å². The molecule has 1 fully saturated rings. The molecule has 19 heavy (non-hydrogen) atoms. The molecule has 3 rings (SSSR count). The Morgan fingerprint density at radius 2 is 2.26 bits per heavy atom. The van der Waals surface area contributed by atoms with Crippen molar-refractivity contribution in [2.24, 2.45) is 0 Å². The van der Waals surface area contributed by atoms with Crippen LogP contribution in [0.5, 0.6) is 0 Å². The maximum Gasteiger partial charge on any atom is 0.229 e. The van der Waals surface area contributed by atoms with E-state index in [-0.39, 0.29) is 17.9 Å². The van der Waals surface area contributed by atoms with Gasteiger partial charge in [0.05, 0.1) is 18.6 Å². The second-order valence-corrected chi connectivity index (χ2v) is 5.30. The van der Waals surface area contributed by atoms with Crippen LogP contribution in [-0.4, -0.2) is 31.7 Å². The number of carbonyl (C=O) groups excluding carboxylic acids is 1. The van der Waals surface area contributed by atoms with Crippen molar-refractivity contribution in [3.8, 4) is 0 Å². The number of fused-ring (bicyclic) bond motifs is 1. The SMILES string of the molecule is O=C(NC1CCCOC1)C1CNCc2ccccc21. The Morgan fingerprint density at radius 1 is 1.37 bits per heavy atom. The molecule has 102 valence electrons. The predicted octanol–water partition coefficient (Wildman–Crippen LogP) is 1.17. The monoisotopic (exact) mass is 260 g/mol. The lowest BCUT2D eigenvalue weighted by molar-refractivity contribution is -0.124. The van der Waals surface area contributed by atoms with Crippen LogP contribution in [0, 0.1) is 0 Å². The van der Waals surface area contributed by atoms with Crippen LogP contribution in [0.25, 0.3) is 0 Å². The standard InChI is InChI=1S/C15H20N2O2/c18-15(17-12-5-3-7-19-10-12)14-9-16-8-11-4-1-2-6-13(11)14/h1-2,4,6,12,14,16H,3,5,7-10H2,(H,17,18). The molecule has 2 unspecified atom stereocenters. The van der Waals surface area contributed by atoms with Crippen molar-refractivity contribution < 1.29 is 9.53 Å². The quantitative estimate of drug-likeness (QED) is 0.839. The molecule has 1 aromatic carbocycles. The van der Waals surface area contributed by atoms with Crippen LogP contribution in [-0.2, 0) is 16.1 Å². The highest BCUT2D eigenvalue weighted by molar-refractivity contribution is 5.85. The summed E-state index contributed by atoms with van der Waals surface area (Å²) >= 11 is 0. The van der Waals surface area contributed by atoms with E-state index in [1.807, 2.05) is 12.1 Å². The van der Waals surface area contributed by atoms with E-state index in [0.717, 1.165) is 38.1 Å². The van der Waals surface area contributed by atoms with E-state index in [4.69, 9.17) is 4.74 Å². The third-order valence-corrected chi connectivity index (χ3v) is 3.92. The zero-order valence-corrected chi connectivity index (χ0v) is 11.0. The molecule has 2 N–H and O–H groups in total. The summed E-state index contributed by atoms with van der Waals surface area (Å²) in [6.45, 7) is 3.04. The number of hydrogen-bond acceptors (Lipinski definition) is 3. The highest BCUT2D eigenvalue weighted by atomic mass is 16.5. The van der Waals surface area contributed by atoms with Gasteiger partial charge in [0, 0.05) is 19.7 Å². The van der Waals surface area contributed by atoms with Crippen LogP contribution in [0.15, 0.2) is 24.3 Å². The van der Waals surface area contributed by atoms with Crippen LogP contribution in [0.2, 0.25) is 0 Å². The van der Waals surface area contributed by atoms with Gasteiger partial charge in [-0.25, -0.2) is 0 Å². The van der Waals surface area contributed by atoms with Gasteiger partial charge in [-0.3, -0.25) is 4.79 Å². The number of amides is 1. The third-order valence-electron chi connectivity index (χ3n) is 3.92.